The van der Waals surface area contributed by atoms with E-state index in [0.29, 0.717) is 17.3 Å². The molecule has 0 radical (unpaired) electrons. The first-order chi connectivity index (χ1) is 14.9. The van der Waals surface area contributed by atoms with Crippen LogP contribution in [0.2, 0.25) is 0 Å². The fourth-order valence-electron chi connectivity index (χ4n) is 8.80. The SMILES string of the molecule is C/C(=C\CCC(C)[C@H]1CC[C@@]2(C)C3=CCC4C(C)(C)[C@@H](O)CC[C@]4(C)C3=CC[C@]12C)CO. The summed E-state index contributed by atoms with van der Waals surface area (Å²) in [6.07, 6.45) is 16.6. The van der Waals surface area contributed by atoms with Crippen molar-refractivity contribution in [2.24, 2.45) is 39.4 Å². The molecule has 0 aromatic rings. The van der Waals surface area contributed by atoms with E-state index in [4.69, 9.17) is 0 Å². The average molecular weight is 441 g/mol. The maximum atomic E-state index is 10.8. The quantitative estimate of drug-likeness (QED) is 0.443. The van der Waals surface area contributed by atoms with E-state index < -0.39 is 0 Å². The molecular formula is C30H48O2. The van der Waals surface area contributed by atoms with E-state index in [1.807, 2.05) is 6.92 Å². The predicted octanol–water partition coefficient (Wildman–Crippen LogP) is 7.23. The second kappa shape index (κ2) is 8.12. The van der Waals surface area contributed by atoms with Gasteiger partial charge in [-0.1, -0.05) is 65.3 Å². The van der Waals surface area contributed by atoms with Crippen molar-refractivity contribution < 1.29 is 10.2 Å². The second-order valence-corrected chi connectivity index (χ2v) is 13.2. The van der Waals surface area contributed by atoms with Crippen LogP contribution in [0.4, 0.5) is 0 Å². The van der Waals surface area contributed by atoms with Gasteiger partial charge in [-0.25, -0.2) is 0 Å². The van der Waals surface area contributed by atoms with E-state index in [1.165, 1.54) is 25.7 Å². The van der Waals surface area contributed by atoms with Gasteiger partial charge in [-0.2, -0.15) is 0 Å². The third-order valence-electron chi connectivity index (χ3n) is 11.3. The molecule has 0 bridgehead atoms. The monoisotopic (exact) mass is 440 g/mol. The molecular weight excluding hydrogens is 392 g/mol. The Morgan fingerprint density at radius 3 is 2.50 bits per heavy atom. The van der Waals surface area contributed by atoms with Crippen molar-refractivity contribution in [2.75, 3.05) is 6.61 Å². The highest BCUT2D eigenvalue weighted by Gasteiger charge is 2.62. The fourth-order valence-corrected chi connectivity index (χ4v) is 8.80. The van der Waals surface area contributed by atoms with E-state index in [0.717, 1.165) is 37.2 Å². The fraction of sp³-hybridized carbons (Fsp3) is 0.800. The molecule has 7 atom stereocenters. The van der Waals surface area contributed by atoms with Gasteiger partial charge >= 0.3 is 0 Å². The molecule has 2 N–H and O–H groups in total. The van der Waals surface area contributed by atoms with Crippen molar-refractivity contribution in [3.63, 3.8) is 0 Å². The van der Waals surface area contributed by atoms with Crippen LogP contribution in [0.3, 0.4) is 0 Å². The summed E-state index contributed by atoms with van der Waals surface area (Å²) in [5.74, 6) is 1.99. The molecule has 4 aliphatic rings. The molecule has 180 valence electrons. The molecule has 0 aromatic heterocycles. The number of rotatable bonds is 5. The van der Waals surface area contributed by atoms with E-state index in [-0.39, 0.29) is 29.0 Å². The number of allylic oxidation sites excluding steroid dienone is 5. The summed E-state index contributed by atoms with van der Waals surface area (Å²) < 4.78 is 0. The van der Waals surface area contributed by atoms with Crippen molar-refractivity contribution in [1.29, 1.82) is 0 Å². The van der Waals surface area contributed by atoms with Gasteiger partial charge in [0.25, 0.3) is 0 Å². The molecule has 0 aromatic carbocycles. The first kappa shape index (κ1) is 24.3. The van der Waals surface area contributed by atoms with Crippen LogP contribution in [-0.4, -0.2) is 22.9 Å². The summed E-state index contributed by atoms with van der Waals surface area (Å²) in [6.45, 7) is 17.0. The Hall–Kier alpha value is -0.860. The molecule has 2 fully saturated rings. The summed E-state index contributed by atoms with van der Waals surface area (Å²) in [6, 6.07) is 0. The van der Waals surface area contributed by atoms with Crippen LogP contribution >= 0.6 is 0 Å². The second-order valence-electron chi connectivity index (χ2n) is 13.2. The lowest BCUT2D eigenvalue weighted by atomic mass is 9.44. The van der Waals surface area contributed by atoms with E-state index >= 15 is 0 Å². The normalized spacial score (nSPS) is 44.2. The molecule has 0 spiro atoms. The van der Waals surface area contributed by atoms with Gasteiger partial charge < -0.3 is 10.2 Å². The first-order valence-electron chi connectivity index (χ1n) is 13.3. The largest absolute Gasteiger partial charge is 0.393 e. The van der Waals surface area contributed by atoms with Gasteiger partial charge in [0.2, 0.25) is 0 Å². The van der Waals surface area contributed by atoms with Crippen LogP contribution < -0.4 is 0 Å². The molecule has 4 rings (SSSR count). The van der Waals surface area contributed by atoms with Crippen molar-refractivity contribution in [3.05, 3.63) is 34.9 Å². The van der Waals surface area contributed by atoms with Gasteiger partial charge in [0, 0.05) is 0 Å². The summed E-state index contributed by atoms with van der Waals surface area (Å²) in [4.78, 5) is 0. The zero-order valence-electron chi connectivity index (χ0n) is 21.8. The van der Waals surface area contributed by atoms with Gasteiger partial charge in [0.05, 0.1) is 12.7 Å². The Bertz CT molecular complexity index is 832. The van der Waals surface area contributed by atoms with Crippen LogP contribution in [-0.2, 0) is 0 Å². The minimum Gasteiger partial charge on any atom is -0.393 e. The number of hydrogen-bond donors (Lipinski definition) is 2. The molecule has 0 heterocycles. The standard InChI is InChI=1S/C30H48O2/c1-20(19-31)9-8-10-21(2)22-13-17-30(7)24-11-12-25-27(3,4)26(32)15-16-28(25,5)23(24)14-18-29(22,30)6/h9,11,14,21-22,25-26,31-32H,8,10,12-13,15-19H2,1-7H3/b20-9+/t21?,22-,25?,26+,28-,29-,30+/m1/s1. The third kappa shape index (κ3) is 3.34. The van der Waals surface area contributed by atoms with E-state index in [2.05, 4.69) is 59.8 Å². The lowest BCUT2D eigenvalue weighted by Crippen LogP contribution is -2.54. The lowest BCUT2D eigenvalue weighted by Gasteiger charge is -2.61. The molecule has 0 saturated heterocycles. The smallest absolute Gasteiger partial charge is 0.0639 e. The average Bonchev–Trinajstić information content (AvgIpc) is 3.02. The Balaban J connectivity index is 1.63. The minimum atomic E-state index is -0.180. The van der Waals surface area contributed by atoms with Gasteiger partial charge in [-0.05, 0) is 109 Å². The summed E-state index contributed by atoms with van der Waals surface area (Å²) in [7, 11) is 0. The number of hydrogen-bond acceptors (Lipinski definition) is 2. The van der Waals surface area contributed by atoms with Crippen molar-refractivity contribution in [3.8, 4) is 0 Å². The molecule has 2 unspecified atom stereocenters. The summed E-state index contributed by atoms with van der Waals surface area (Å²) >= 11 is 0. The predicted molar refractivity (Wildman–Crippen MR) is 134 cm³/mol. The number of fused-ring (bicyclic) bond motifs is 5. The third-order valence-corrected chi connectivity index (χ3v) is 11.3. The number of aliphatic hydroxyl groups excluding tert-OH is 2. The van der Waals surface area contributed by atoms with Gasteiger partial charge in [0.15, 0.2) is 0 Å². The van der Waals surface area contributed by atoms with Gasteiger partial charge in [-0.3, -0.25) is 0 Å². The summed E-state index contributed by atoms with van der Waals surface area (Å²) in [5, 5.41) is 20.1. The van der Waals surface area contributed by atoms with Gasteiger partial charge in [0.1, 0.15) is 0 Å². The van der Waals surface area contributed by atoms with Crippen LogP contribution in [0.25, 0.3) is 0 Å². The molecule has 2 saturated carbocycles. The highest BCUT2D eigenvalue weighted by Crippen LogP contribution is 2.71. The maximum Gasteiger partial charge on any atom is 0.0639 e. The van der Waals surface area contributed by atoms with E-state index in [1.54, 1.807) is 11.1 Å². The molecule has 0 aliphatic heterocycles. The Labute approximate surface area is 197 Å². The lowest BCUT2D eigenvalue weighted by molar-refractivity contribution is -0.0851. The summed E-state index contributed by atoms with van der Waals surface area (Å²) in [5.41, 5.74) is 5.18. The molecule has 0 amide bonds. The first-order valence-corrected chi connectivity index (χ1v) is 13.3. The highest BCUT2D eigenvalue weighted by atomic mass is 16.3. The topological polar surface area (TPSA) is 40.5 Å². The van der Waals surface area contributed by atoms with Crippen molar-refractivity contribution in [1.82, 2.24) is 0 Å². The molecule has 32 heavy (non-hydrogen) atoms. The maximum absolute atomic E-state index is 10.8. The van der Waals surface area contributed by atoms with Crippen molar-refractivity contribution in [2.45, 2.75) is 106 Å². The van der Waals surface area contributed by atoms with E-state index in [9.17, 15) is 10.2 Å². The molecule has 2 heteroatoms. The Morgan fingerprint density at radius 1 is 1.09 bits per heavy atom. The zero-order valence-corrected chi connectivity index (χ0v) is 21.8. The zero-order chi connectivity index (χ0) is 23.5. The minimum absolute atomic E-state index is 0.0233. The highest BCUT2D eigenvalue weighted by molar-refractivity contribution is 5.49. The molecule has 2 nitrogen and oxygen atoms in total. The number of aliphatic hydroxyl groups is 2. The van der Waals surface area contributed by atoms with Crippen molar-refractivity contribution >= 4 is 0 Å². The van der Waals surface area contributed by atoms with Crippen LogP contribution in [0.1, 0.15) is 99.8 Å². The van der Waals surface area contributed by atoms with Crippen LogP contribution in [0, 0.1) is 39.4 Å². The van der Waals surface area contributed by atoms with Crippen LogP contribution in [0.5, 0.6) is 0 Å². The molecule has 4 aliphatic carbocycles. The Morgan fingerprint density at radius 2 is 1.81 bits per heavy atom. The van der Waals surface area contributed by atoms with Crippen LogP contribution in [0.15, 0.2) is 34.9 Å². The van der Waals surface area contributed by atoms with Gasteiger partial charge in [-0.15, -0.1) is 0 Å². The Kier molecular flexibility index (Phi) is 6.16.